The first-order valence-electron chi connectivity index (χ1n) is 7.82. The number of hydrogen-bond acceptors (Lipinski definition) is 3. The van der Waals surface area contributed by atoms with E-state index in [4.69, 9.17) is 35.4 Å². The van der Waals surface area contributed by atoms with E-state index in [1.807, 2.05) is 0 Å². The third kappa shape index (κ3) is 7.41. The summed E-state index contributed by atoms with van der Waals surface area (Å²) in [6.45, 7) is -0.401. The maximum Gasteiger partial charge on any atom is 0.416 e. The fourth-order valence-corrected chi connectivity index (χ4v) is 2.75. The van der Waals surface area contributed by atoms with E-state index in [-0.39, 0.29) is 26.4 Å². The van der Waals surface area contributed by atoms with Crippen molar-refractivity contribution in [3.63, 3.8) is 0 Å². The van der Waals surface area contributed by atoms with Gasteiger partial charge in [0.15, 0.2) is 5.11 Å². The zero-order valence-corrected chi connectivity index (χ0v) is 16.7. The van der Waals surface area contributed by atoms with Crippen LogP contribution >= 0.6 is 35.4 Å². The van der Waals surface area contributed by atoms with E-state index in [1.54, 1.807) is 0 Å². The standard InChI is InChI=1S/C17H13Cl2F3N4O2S/c18-11-4-9(5-12(19)7-11)15(28)23-8-14(27)25-26-16(29)24-13-3-1-2-10(6-13)17(20,21)22/h1-7H,8H2,(H,23,28)(H,25,27)(H2,24,26,29). The molecule has 0 aromatic heterocycles. The molecule has 29 heavy (non-hydrogen) atoms. The minimum Gasteiger partial charge on any atom is -0.343 e. The number of rotatable bonds is 4. The monoisotopic (exact) mass is 464 g/mol. The molecule has 6 nitrogen and oxygen atoms in total. The Morgan fingerprint density at radius 1 is 1.00 bits per heavy atom. The van der Waals surface area contributed by atoms with Crippen molar-refractivity contribution in [1.29, 1.82) is 0 Å². The number of hydrogen-bond donors (Lipinski definition) is 4. The lowest BCUT2D eigenvalue weighted by Crippen LogP contribution is -2.47. The maximum absolute atomic E-state index is 12.7. The highest BCUT2D eigenvalue weighted by atomic mass is 35.5. The van der Waals surface area contributed by atoms with Crippen molar-refractivity contribution < 1.29 is 22.8 Å². The Labute approximate surface area is 178 Å². The van der Waals surface area contributed by atoms with Gasteiger partial charge in [0.1, 0.15) is 0 Å². The lowest BCUT2D eigenvalue weighted by molar-refractivity contribution is -0.137. The van der Waals surface area contributed by atoms with Crippen LogP contribution in [0.15, 0.2) is 42.5 Å². The van der Waals surface area contributed by atoms with Gasteiger partial charge in [0, 0.05) is 21.3 Å². The molecule has 0 aliphatic heterocycles. The first kappa shape index (κ1) is 22.7. The van der Waals surface area contributed by atoms with E-state index in [0.717, 1.165) is 12.1 Å². The van der Waals surface area contributed by atoms with Crippen LogP contribution in [0, 0.1) is 0 Å². The number of nitrogens with one attached hydrogen (secondary N) is 4. The van der Waals surface area contributed by atoms with Crippen LogP contribution in [0.2, 0.25) is 10.0 Å². The molecule has 2 aromatic rings. The van der Waals surface area contributed by atoms with Crippen LogP contribution in [0.4, 0.5) is 18.9 Å². The molecule has 0 unspecified atom stereocenters. The zero-order valence-electron chi connectivity index (χ0n) is 14.4. The van der Waals surface area contributed by atoms with E-state index < -0.39 is 30.1 Å². The molecule has 0 aliphatic carbocycles. The van der Waals surface area contributed by atoms with Gasteiger partial charge >= 0.3 is 6.18 Å². The van der Waals surface area contributed by atoms with Gasteiger partial charge in [-0.1, -0.05) is 29.3 Å². The predicted molar refractivity (Wildman–Crippen MR) is 108 cm³/mol. The summed E-state index contributed by atoms with van der Waals surface area (Å²) >= 11 is 16.5. The first-order chi connectivity index (χ1) is 13.5. The van der Waals surface area contributed by atoms with Crippen LogP contribution in [0.3, 0.4) is 0 Å². The zero-order chi connectivity index (χ0) is 21.6. The Balaban J connectivity index is 1.80. The number of benzene rings is 2. The molecule has 0 aliphatic rings. The van der Waals surface area contributed by atoms with Crippen LogP contribution in [0.1, 0.15) is 15.9 Å². The van der Waals surface area contributed by atoms with Gasteiger partial charge < -0.3 is 10.6 Å². The average Bonchev–Trinajstić information content (AvgIpc) is 2.63. The number of amides is 2. The molecular formula is C17H13Cl2F3N4O2S. The van der Waals surface area contributed by atoms with Gasteiger partial charge in [-0.25, -0.2) is 0 Å². The topological polar surface area (TPSA) is 82.3 Å². The van der Waals surface area contributed by atoms with Crippen LogP contribution < -0.4 is 21.5 Å². The molecule has 0 saturated carbocycles. The molecular weight excluding hydrogens is 452 g/mol. The third-order valence-corrected chi connectivity index (χ3v) is 3.94. The summed E-state index contributed by atoms with van der Waals surface area (Å²) in [5, 5.41) is 5.24. The number of alkyl halides is 3. The number of anilines is 1. The molecule has 0 bridgehead atoms. The van der Waals surface area contributed by atoms with E-state index in [1.165, 1.54) is 30.3 Å². The van der Waals surface area contributed by atoms with Gasteiger partial charge in [-0.3, -0.25) is 20.4 Å². The number of hydrazine groups is 1. The van der Waals surface area contributed by atoms with Crippen molar-refractivity contribution in [2.75, 3.05) is 11.9 Å². The largest absolute Gasteiger partial charge is 0.416 e. The Kier molecular flexibility index (Phi) is 7.66. The van der Waals surface area contributed by atoms with Gasteiger partial charge in [-0.2, -0.15) is 13.2 Å². The molecule has 0 heterocycles. The van der Waals surface area contributed by atoms with Gasteiger partial charge in [-0.05, 0) is 48.6 Å². The Bertz CT molecular complexity index is 921. The summed E-state index contributed by atoms with van der Waals surface area (Å²) in [5.74, 6) is -1.23. The predicted octanol–water partition coefficient (Wildman–Crippen LogP) is 3.76. The van der Waals surface area contributed by atoms with Crippen LogP contribution in [-0.2, 0) is 11.0 Å². The number of thiocarbonyl (C=S) groups is 1. The van der Waals surface area contributed by atoms with Gasteiger partial charge in [0.05, 0.1) is 12.1 Å². The van der Waals surface area contributed by atoms with Gasteiger partial charge in [0.25, 0.3) is 11.8 Å². The Morgan fingerprint density at radius 3 is 2.28 bits per heavy atom. The summed E-state index contributed by atoms with van der Waals surface area (Å²) in [7, 11) is 0. The number of carbonyl (C=O) groups is 2. The lowest BCUT2D eigenvalue weighted by Gasteiger charge is -2.13. The molecule has 2 amide bonds. The fraction of sp³-hybridized carbons (Fsp3) is 0.118. The second-order valence-electron chi connectivity index (χ2n) is 5.55. The smallest absolute Gasteiger partial charge is 0.343 e. The average molecular weight is 465 g/mol. The minimum absolute atomic E-state index is 0.0812. The first-order valence-corrected chi connectivity index (χ1v) is 8.98. The second kappa shape index (κ2) is 9.77. The molecule has 0 atom stereocenters. The van der Waals surface area contributed by atoms with Crippen LogP contribution in [-0.4, -0.2) is 23.5 Å². The quantitative estimate of drug-likeness (QED) is 0.409. The van der Waals surface area contributed by atoms with Crippen molar-refractivity contribution >= 4 is 58.0 Å². The SMILES string of the molecule is O=C(CNC(=O)c1cc(Cl)cc(Cl)c1)NNC(=S)Nc1cccc(C(F)(F)F)c1. The second-order valence-corrected chi connectivity index (χ2v) is 6.83. The highest BCUT2D eigenvalue weighted by molar-refractivity contribution is 7.80. The molecule has 4 N–H and O–H groups in total. The Hall–Kier alpha value is -2.56. The molecule has 2 aromatic carbocycles. The summed E-state index contributed by atoms with van der Waals surface area (Å²) < 4.78 is 38.1. The van der Waals surface area contributed by atoms with E-state index in [9.17, 15) is 22.8 Å². The Morgan fingerprint density at radius 2 is 1.66 bits per heavy atom. The molecule has 0 radical (unpaired) electrons. The molecule has 0 fully saturated rings. The molecule has 0 spiro atoms. The third-order valence-electron chi connectivity index (χ3n) is 3.30. The van der Waals surface area contributed by atoms with E-state index in [2.05, 4.69) is 21.5 Å². The molecule has 0 saturated heterocycles. The summed E-state index contributed by atoms with van der Waals surface area (Å²) in [5.41, 5.74) is 3.92. The highest BCUT2D eigenvalue weighted by Gasteiger charge is 2.30. The van der Waals surface area contributed by atoms with E-state index >= 15 is 0 Å². The molecule has 2 rings (SSSR count). The number of halogens is 5. The van der Waals surface area contributed by atoms with Crippen molar-refractivity contribution in [2.45, 2.75) is 6.18 Å². The number of carbonyl (C=O) groups excluding carboxylic acids is 2. The van der Waals surface area contributed by atoms with Gasteiger partial charge in [0.2, 0.25) is 0 Å². The molecule has 154 valence electrons. The van der Waals surface area contributed by atoms with Gasteiger partial charge in [-0.15, -0.1) is 0 Å². The van der Waals surface area contributed by atoms with Crippen LogP contribution in [0.5, 0.6) is 0 Å². The van der Waals surface area contributed by atoms with E-state index in [0.29, 0.717) is 0 Å². The highest BCUT2D eigenvalue weighted by Crippen LogP contribution is 2.30. The fourth-order valence-electron chi connectivity index (χ4n) is 2.05. The van der Waals surface area contributed by atoms with Crippen molar-refractivity contribution in [3.8, 4) is 0 Å². The van der Waals surface area contributed by atoms with Crippen molar-refractivity contribution in [1.82, 2.24) is 16.2 Å². The minimum atomic E-state index is -4.49. The van der Waals surface area contributed by atoms with Crippen LogP contribution in [0.25, 0.3) is 0 Å². The summed E-state index contributed by atoms with van der Waals surface area (Å²) in [4.78, 5) is 23.8. The normalized spacial score (nSPS) is 10.8. The molecule has 12 heteroatoms. The lowest BCUT2D eigenvalue weighted by atomic mass is 10.2. The van der Waals surface area contributed by atoms with Crippen molar-refractivity contribution in [3.05, 3.63) is 63.6 Å². The maximum atomic E-state index is 12.7. The summed E-state index contributed by atoms with van der Waals surface area (Å²) in [6.07, 6.45) is -4.49. The summed E-state index contributed by atoms with van der Waals surface area (Å²) in [6, 6.07) is 8.59. The van der Waals surface area contributed by atoms with Crippen molar-refractivity contribution in [2.24, 2.45) is 0 Å².